The van der Waals surface area contributed by atoms with Crippen molar-refractivity contribution in [3.05, 3.63) is 65.2 Å². The molecular weight excluding hydrogens is 376 g/mol. The van der Waals surface area contributed by atoms with Gasteiger partial charge in [0.05, 0.1) is 0 Å². The van der Waals surface area contributed by atoms with E-state index in [1.165, 1.54) is 12.0 Å². The topological polar surface area (TPSA) is 71.3 Å². The standard InChI is InChI=1S/C25H28N2O3/c1-19-7-11-23(12-8-19)29-15-16-30-24-13-9-20(10-14-24)17-21(18-26)25(28)27-22-5-3-2-4-6-22/h7-14,17,22H,2-6,15-16H2,1H3,(H,27,28)/b21-17+. The average Bonchev–Trinajstić information content (AvgIpc) is 2.78. The lowest BCUT2D eigenvalue weighted by Gasteiger charge is -2.22. The number of aryl methyl sites for hydroxylation is 1. The van der Waals surface area contributed by atoms with Crippen molar-refractivity contribution >= 4 is 12.0 Å². The highest BCUT2D eigenvalue weighted by molar-refractivity contribution is 6.01. The molecule has 0 saturated heterocycles. The van der Waals surface area contributed by atoms with E-state index in [1.54, 1.807) is 6.08 Å². The molecule has 0 spiro atoms. The minimum atomic E-state index is -0.294. The van der Waals surface area contributed by atoms with Gasteiger partial charge in [0.2, 0.25) is 0 Å². The van der Waals surface area contributed by atoms with Gasteiger partial charge in [-0.05, 0) is 55.7 Å². The summed E-state index contributed by atoms with van der Waals surface area (Å²) in [5.41, 5.74) is 2.10. The molecule has 5 nitrogen and oxygen atoms in total. The van der Waals surface area contributed by atoms with Gasteiger partial charge in [0.25, 0.3) is 5.91 Å². The first-order valence-electron chi connectivity index (χ1n) is 10.5. The number of carbonyl (C=O) groups excluding carboxylic acids is 1. The molecule has 0 aliphatic heterocycles. The maximum absolute atomic E-state index is 12.4. The zero-order chi connectivity index (χ0) is 21.2. The van der Waals surface area contributed by atoms with E-state index in [2.05, 4.69) is 5.32 Å². The molecule has 3 rings (SSSR count). The van der Waals surface area contributed by atoms with E-state index < -0.39 is 0 Å². The number of carbonyl (C=O) groups is 1. The zero-order valence-corrected chi connectivity index (χ0v) is 17.4. The third-order valence-corrected chi connectivity index (χ3v) is 5.14. The Labute approximate surface area is 178 Å². The summed E-state index contributed by atoms with van der Waals surface area (Å²) in [5.74, 6) is 1.24. The van der Waals surface area contributed by atoms with Gasteiger partial charge in [-0.15, -0.1) is 0 Å². The van der Waals surface area contributed by atoms with Crippen LogP contribution in [0.2, 0.25) is 0 Å². The number of benzene rings is 2. The van der Waals surface area contributed by atoms with Crippen LogP contribution >= 0.6 is 0 Å². The molecule has 1 fully saturated rings. The van der Waals surface area contributed by atoms with Crippen molar-refractivity contribution in [1.82, 2.24) is 5.32 Å². The van der Waals surface area contributed by atoms with Crippen molar-refractivity contribution in [3.63, 3.8) is 0 Å². The van der Waals surface area contributed by atoms with Crippen LogP contribution in [0.5, 0.6) is 11.5 Å². The van der Waals surface area contributed by atoms with Crippen LogP contribution < -0.4 is 14.8 Å². The Kier molecular flexibility index (Phi) is 7.91. The normalized spacial score (nSPS) is 14.6. The van der Waals surface area contributed by atoms with Crippen LogP contribution in [0.15, 0.2) is 54.1 Å². The molecule has 1 N–H and O–H groups in total. The second kappa shape index (κ2) is 11.1. The molecule has 1 amide bonds. The van der Waals surface area contributed by atoms with Crippen molar-refractivity contribution < 1.29 is 14.3 Å². The van der Waals surface area contributed by atoms with E-state index in [1.807, 2.05) is 61.5 Å². The van der Waals surface area contributed by atoms with E-state index in [4.69, 9.17) is 9.47 Å². The third kappa shape index (κ3) is 6.66. The number of nitrogens with zero attached hydrogens (tertiary/aromatic N) is 1. The SMILES string of the molecule is Cc1ccc(OCCOc2ccc(/C=C(\C#N)C(=O)NC3CCCCC3)cc2)cc1. The van der Waals surface area contributed by atoms with Crippen molar-refractivity contribution in [2.45, 2.75) is 45.1 Å². The highest BCUT2D eigenvalue weighted by atomic mass is 16.5. The number of nitrogens with one attached hydrogen (secondary N) is 1. The van der Waals surface area contributed by atoms with E-state index in [0.29, 0.717) is 19.0 Å². The molecule has 1 saturated carbocycles. The summed E-state index contributed by atoms with van der Waals surface area (Å²) in [5, 5.41) is 12.4. The molecule has 5 heteroatoms. The molecule has 0 bridgehead atoms. The maximum Gasteiger partial charge on any atom is 0.262 e. The fourth-order valence-electron chi connectivity index (χ4n) is 3.44. The monoisotopic (exact) mass is 404 g/mol. The van der Waals surface area contributed by atoms with Gasteiger partial charge in [-0.2, -0.15) is 5.26 Å². The van der Waals surface area contributed by atoms with Gasteiger partial charge in [0.1, 0.15) is 36.4 Å². The predicted molar refractivity (Wildman–Crippen MR) is 117 cm³/mol. The minimum absolute atomic E-state index is 0.126. The molecule has 0 atom stereocenters. The number of ether oxygens (including phenoxy) is 2. The molecule has 1 aliphatic carbocycles. The number of hydrogen-bond acceptors (Lipinski definition) is 4. The summed E-state index contributed by atoms with van der Waals surface area (Å²) in [4.78, 5) is 12.4. The number of nitriles is 1. The highest BCUT2D eigenvalue weighted by Crippen LogP contribution is 2.19. The number of amides is 1. The molecule has 30 heavy (non-hydrogen) atoms. The van der Waals surface area contributed by atoms with Gasteiger partial charge >= 0.3 is 0 Å². The zero-order valence-electron chi connectivity index (χ0n) is 17.4. The Hall–Kier alpha value is -3.26. The Morgan fingerprint density at radius 1 is 1.00 bits per heavy atom. The van der Waals surface area contributed by atoms with Crippen molar-refractivity contribution in [2.24, 2.45) is 0 Å². The first-order chi connectivity index (χ1) is 14.6. The summed E-state index contributed by atoms with van der Waals surface area (Å²) in [7, 11) is 0. The quantitative estimate of drug-likeness (QED) is 0.389. The highest BCUT2D eigenvalue weighted by Gasteiger charge is 2.18. The average molecular weight is 405 g/mol. The van der Waals surface area contributed by atoms with Gasteiger partial charge in [0.15, 0.2) is 0 Å². The van der Waals surface area contributed by atoms with Crippen LogP contribution in [0.1, 0.15) is 43.2 Å². The summed E-state index contributed by atoms with van der Waals surface area (Å²) in [6.07, 6.45) is 7.08. The van der Waals surface area contributed by atoms with Crippen LogP contribution in [0.4, 0.5) is 0 Å². The van der Waals surface area contributed by atoms with Crippen molar-refractivity contribution in [3.8, 4) is 17.6 Å². The van der Waals surface area contributed by atoms with Gasteiger partial charge in [-0.1, -0.05) is 49.1 Å². The van der Waals surface area contributed by atoms with Gasteiger partial charge in [0, 0.05) is 6.04 Å². The number of rotatable bonds is 8. The fraction of sp³-hybridized carbons (Fsp3) is 0.360. The summed E-state index contributed by atoms with van der Waals surface area (Å²) in [6, 6.07) is 17.4. The lowest BCUT2D eigenvalue weighted by molar-refractivity contribution is -0.117. The molecule has 2 aromatic rings. The smallest absolute Gasteiger partial charge is 0.262 e. The van der Waals surface area contributed by atoms with Crippen molar-refractivity contribution in [2.75, 3.05) is 13.2 Å². The lowest BCUT2D eigenvalue weighted by atomic mass is 9.95. The molecular formula is C25H28N2O3. The molecule has 0 heterocycles. The summed E-state index contributed by atoms with van der Waals surface area (Å²) in [6.45, 7) is 2.91. The maximum atomic E-state index is 12.4. The first kappa shape index (κ1) is 21.4. The van der Waals surface area contributed by atoms with Crippen LogP contribution in [0.3, 0.4) is 0 Å². The van der Waals surface area contributed by atoms with Gasteiger partial charge < -0.3 is 14.8 Å². The first-order valence-corrected chi connectivity index (χ1v) is 10.5. The van der Waals surface area contributed by atoms with Crippen LogP contribution in [0, 0.1) is 18.3 Å². The largest absolute Gasteiger partial charge is 0.490 e. The van der Waals surface area contributed by atoms with E-state index >= 15 is 0 Å². The molecule has 0 unspecified atom stereocenters. The Morgan fingerprint density at radius 3 is 2.13 bits per heavy atom. The third-order valence-electron chi connectivity index (χ3n) is 5.14. The van der Waals surface area contributed by atoms with Crippen LogP contribution in [-0.4, -0.2) is 25.2 Å². The Balaban J connectivity index is 1.47. The van der Waals surface area contributed by atoms with Crippen molar-refractivity contribution in [1.29, 1.82) is 5.26 Å². The molecule has 0 radical (unpaired) electrons. The van der Waals surface area contributed by atoms with E-state index in [0.717, 1.165) is 37.0 Å². The Morgan fingerprint density at radius 2 is 1.57 bits per heavy atom. The molecule has 2 aromatic carbocycles. The minimum Gasteiger partial charge on any atom is -0.490 e. The fourth-order valence-corrected chi connectivity index (χ4v) is 3.44. The summed E-state index contributed by atoms with van der Waals surface area (Å²) < 4.78 is 11.3. The van der Waals surface area contributed by atoms with Gasteiger partial charge in [-0.3, -0.25) is 4.79 Å². The molecule has 0 aromatic heterocycles. The summed E-state index contributed by atoms with van der Waals surface area (Å²) >= 11 is 0. The number of hydrogen-bond donors (Lipinski definition) is 1. The van der Waals surface area contributed by atoms with Crippen LogP contribution in [-0.2, 0) is 4.79 Å². The molecule has 156 valence electrons. The lowest BCUT2D eigenvalue weighted by Crippen LogP contribution is -2.36. The predicted octanol–water partition coefficient (Wildman–Crippen LogP) is 4.81. The van der Waals surface area contributed by atoms with E-state index in [9.17, 15) is 10.1 Å². The second-order valence-corrected chi connectivity index (χ2v) is 7.56. The van der Waals surface area contributed by atoms with Gasteiger partial charge in [-0.25, -0.2) is 0 Å². The van der Waals surface area contributed by atoms with Crippen LogP contribution in [0.25, 0.3) is 6.08 Å². The second-order valence-electron chi connectivity index (χ2n) is 7.56. The van der Waals surface area contributed by atoms with E-state index in [-0.39, 0.29) is 17.5 Å². The Bertz CT molecular complexity index is 889. The molecule has 1 aliphatic rings.